The van der Waals surface area contributed by atoms with Crippen molar-refractivity contribution >= 4 is 11.6 Å². The summed E-state index contributed by atoms with van der Waals surface area (Å²) in [7, 11) is 0. The summed E-state index contributed by atoms with van der Waals surface area (Å²) in [5, 5.41) is 14.7. The quantitative estimate of drug-likeness (QED) is 0.787. The zero-order valence-corrected chi connectivity index (χ0v) is 10.3. The van der Waals surface area contributed by atoms with Crippen molar-refractivity contribution in [2.24, 2.45) is 11.8 Å². The molecule has 0 aliphatic carbocycles. The molecule has 2 heterocycles. The third-order valence-corrected chi connectivity index (χ3v) is 3.76. The van der Waals surface area contributed by atoms with Crippen LogP contribution in [0.5, 0.6) is 0 Å². The fourth-order valence-corrected chi connectivity index (χ4v) is 2.54. The number of hydrogen-bond donors (Lipinski definition) is 2. The maximum atomic E-state index is 10.8. The summed E-state index contributed by atoms with van der Waals surface area (Å²) in [6, 6.07) is 3.60. The first-order chi connectivity index (χ1) is 7.55. The van der Waals surface area contributed by atoms with Crippen LogP contribution in [0.2, 0.25) is 5.02 Å². The van der Waals surface area contributed by atoms with Gasteiger partial charge in [-0.25, -0.2) is 0 Å². The molecule has 88 valence electrons. The van der Waals surface area contributed by atoms with E-state index in [0.717, 1.165) is 18.8 Å². The van der Waals surface area contributed by atoms with Gasteiger partial charge in [-0.1, -0.05) is 25.4 Å². The number of aromatic nitrogens is 1. The van der Waals surface area contributed by atoms with E-state index in [4.69, 9.17) is 11.6 Å². The number of aliphatic hydroxyl groups is 1. The second kappa shape index (κ2) is 4.32. The second-order valence-electron chi connectivity index (χ2n) is 4.65. The highest BCUT2D eigenvalue weighted by Gasteiger charge is 2.44. The molecule has 0 unspecified atom stereocenters. The number of hydrogen-bond acceptors (Lipinski definition) is 3. The average Bonchev–Trinajstić information content (AvgIpc) is 2.27. The van der Waals surface area contributed by atoms with Crippen molar-refractivity contribution in [3.05, 3.63) is 29.0 Å². The van der Waals surface area contributed by atoms with Crippen molar-refractivity contribution in [1.29, 1.82) is 0 Å². The smallest absolute Gasteiger partial charge is 0.114 e. The van der Waals surface area contributed by atoms with Crippen molar-refractivity contribution in [1.82, 2.24) is 10.3 Å². The van der Waals surface area contributed by atoms with Crippen molar-refractivity contribution < 1.29 is 5.11 Å². The molecule has 3 atom stereocenters. The van der Waals surface area contributed by atoms with Crippen LogP contribution in [0, 0.1) is 11.8 Å². The molecular formula is C12H17ClN2O. The lowest BCUT2D eigenvalue weighted by molar-refractivity contribution is -0.0840. The fourth-order valence-electron chi connectivity index (χ4n) is 2.43. The second-order valence-corrected chi connectivity index (χ2v) is 5.08. The molecule has 0 radical (unpaired) electrons. The van der Waals surface area contributed by atoms with Gasteiger partial charge >= 0.3 is 0 Å². The Morgan fingerprint density at radius 3 is 2.50 bits per heavy atom. The summed E-state index contributed by atoms with van der Waals surface area (Å²) in [6.07, 6.45) is 1.59. The van der Waals surface area contributed by atoms with E-state index in [1.807, 2.05) is 19.9 Å². The van der Waals surface area contributed by atoms with Gasteiger partial charge in [0.25, 0.3) is 0 Å². The molecule has 2 rings (SSSR count). The van der Waals surface area contributed by atoms with E-state index in [9.17, 15) is 5.11 Å². The van der Waals surface area contributed by atoms with Gasteiger partial charge in [-0.3, -0.25) is 4.98 Å². The summed E-state index contributed by atoms with van der Waals surface area (Å²) in [6.45, 7) is 5.70. The lowest BCUT2D eigenvalue weighted by Gasteiger charge is -2.43. The van der Waals surface area contributed by atoms with E-state index in [2.05, 4.69) is 10.3 Å². The molecular weight excluding hydrogens is 224 g/mol. The highest BCUT2D eigenvalue weighted by molar-refractivity contribution is 6.30. The van der Waals surface area contributed by atoms with Crippen LogP contribution in [-0.2, 0) is 5.60 Å². The van der Waals surface area contributed by atoms with Gasteiger partial charge in [0.1, 0.15) is 5.60 Å². The van der Waals surface area contributed by atoms with Crippen LogP contribution in [0.25, 0.3) is 0 Å². The van der Waals surface area contributed by atoms with Crippen molar-refractivity contribution in [3.8, 4) is 0 Å². The Morgan fingerprint density at radius 2 is 2.00 bits per heavy atom. The van der Waals surface area contributed by atoms with E-state index in [1.54, 1.807) is 12.3 Å². The summed E-state index contributed by atoms with van der Waals surface area (Å²) >= 11 is 5.81. The minimum Gasteiger partial charge on any atom is -0.383 e. The molecule has 0 spiro atoms. The largest absolute Gasteiger partial charge is 0.383 e. The first-order valence-electron chi connectivity index (χ1n) is 5.60. The molecule has 1 aliphatic heterocycles. The third-order valence-electron chi connectivity index (χ3n) is 3.54. The number of piperidine rings is 1. The summed E-state index contributed by atoms with van der Waals surface area (Å²) < 4.78 is 0. The summed E-state index contributed by atoms with van der Waals surface area (Å²) in [4.78, 5) is 4.26. The minimum absolute atomic E-state index is 0.143. The van der Waals surface area contributed by atoms with Crippen molar-refractivity contribution in [2.75, 3.05) is 13.1 Å². The molecule has 1 aromatic heterocycles. The molecule has 3 nitrogen and oxygen atoms in total. The molecule has 16 heavy (non-hydrogen) atoms. The van der Waals surface area contributed by atoms with Crippen molar-refractivity contribution in [2.45, 2.75) is 19.4 Å². The molecule has 1 aliphatic rings. The van der Waals surface area contributed by atoms with Crippen LogP contribution in [-0.4, -0.2) is 23.2 Å². The van der Waals surface area contributed by atoms with E-state index in [1.165, 1.54) is 0 Å². The molecule has 1 aromatic rings. The standard InChI is InChI=1S/C12H17ClN2O/c1-8-5-14-6-9(2)12(8,16)11-4-3-10(13)7-15-11/h3-4,7-9,14,16H,5-6H2,1-2H3/t8-,9+,12-. The van der Waals surface area contributed by atoms with Gasteiger partial charge in [0, 0.05) is 31.1 Å². The first-order valence-corrected chi connectivity index (χ1v) is 5.98. The van der Waals surface area contributed by atoms with Crippen LogP contribution < -0.4 is 5.32 Å². The summed E-state index contributed by atoms with van der Waals surface area (Å²) in [5.74, 6) is 0.287. The summed E-state index contributed by atoms with van der Waals surface area (Å²) in [5.41, 5.74) is -0.131. The van der Waals surface area contributed by atoms with Crippen LogP contribution in [0.4, 0.5) is 0 Å². The Labute approximate surface area is 101 Å². The van der Waals surface area contributed by atoms with E-state index >= 15 is 0 Å². The van der Waals surface area contributed by atoms with Gasteiger partial charge in [0.05, 0.1) is 10.7 Å². The maximum absolute atomic E-state index is 10.8. The molecule has 1 saturated heterocycles. The number of pyridine rings is 1. The Balaban J connectivity index is 2.38. The van der Waals surface area contributed by atoms with E-state index < -0.39 is 5.60 Å². The fraction of sp³-hybridized carbons (Fsp3) is 0.583. The van der Waals surface area contributed by atoms with E-state index in [-0.39, 0.29) is 11.8 Å². The average molecular weight is 241 g/mol. The van der Waals surface area contributed by atoms with Gasteiger partial charge in [-0.2, -0.15) is 0 Å². The molecule has 0 bridgehead atoms. The zero-order valence-electron chi connectivity index (χ0n) is 9.57. The highest BCUT2D eigenvalue weighted by Crippen LogP contribution is 2.37. The van der Waals surface area contributed by atoms with Crippen molar-refractivity contribution in [3.63, 3.8) is 0 Å². The molecule has 0 aromatic carbocycles. The lowest BCUT2D eigenvalue weighted by Crippen LogP contribution is -2.53. The predicted molar refractivity (Wildman–Crippen MR) is 64.3 cm³/mol. The monoisotopic (exact) mass is 240 g/mol. The number of nitrogens with one attached hydrogen (secondary N) is 1. The first kappa shape index (κ1) is 11.8. The Kier molecular flexibility index (Phi) is 3.19. The number of nitrogens with zero attached hydrogens (tertiary/aromatic N) is 1. The SMILES string of the molecule is C[C@@H]1CNC[C@H](C)[C@@]1(O)c1ccc(Cl)cn1. The molecule has 4 heteroatoms. The van der Waals surface area contributed by atoms with Gasteiger partial charge in [0.15, 0.2) is 0 Å². The molecule has 2 N–H and O–H groups in total. The zero-order chi connectivity index (χ0) is 11.8. The molecule has 1 fully saturated rings. The lowest BCUT2D eigenvalue weighted by atomic mass is 9.73. The Morgan fingerprint density at radius 1 is 1.38 bits per heavy atom. The number of halogens is 1. The maximum Gasteiger partial charge on any atom is 0.114 e. The highest BCUT2D eigenvalue weighted by atomic mass is 35.5. The van der Waals surface area contributed by atoms with Crippen LogP contribution >= 0.6 is 11.6 Å². The van der Waals surface area contributed by atoms with Gasteiger partial charge < -0.3 is 10.4 Å². The Bertz CT molecular complexity index is 356. The van der Waals surface area contributed by atoms with Gasteiger partial charge in [-0.15, -0.1) is 0 Å². The molecule has 0 saturated carbocycles. The Hall–Kier alpha value is -0.640. The van der Waals surface area contributed by atoms with Gasteiger partial charge in [0.2, 0.25) is 0 Å². The molecule has 0 amide bonds. The predicted octanol–water partition coefficient (Wildman–Crippen LogP) is 1.80. The van der Waals surface area contributed by atoms with Crippen LogP contribution in [0.1, 0.15) is 19.5 Å². The van der Waals surface area contributed by atoms with Crippen LogP contribution in [0.15, 0.2) is 18.3 Å². The third kappa shape index (κ3) is 1.83. The normalized spacial score (nSPS) is 35.0. The van der Waals surface area contributed by atoms with Gasteiger partial charge in [-0.05, 0) is 12.1 Å². The van der Waals surface area contributed by atoms with Crippen LogP contribution in [0.3, 0.4) is 0 Å². The minimum atomic E-state index is -0.851. The topological polar surface area (TPSA) is 45.1 Å². The number of rotatable bonds is 1. The van der Waals surface area contributed by atoms with E-state index in [0.29, 0.717) is 5.02 Å².